The van der Waals surface area contributed by atoms with Gasteiger partial charge in [0.05, 0.1) is 5.75 Å². The molecule has 1 aliphatic rings. The van der Waals surface area contributed by atoms with Gasteiger partial charge in [0.25, 0.3) is 0 Å². The van der Waals surface area contributed by atoms with Crippen molar-refractivity contribution >= 4 is 25.8 Å². The highest BCUT2D eigenvalue weighted by molar-refractivity contribution is 8.13. The first kappa shape index (κ1) is 19.1. The smallest absolute Gasteiger partial charge is 0.407 e. The van der Waals surface area contributed by atoms with Gasteiger partial charge in [-0.2, -0.15) is 0 Å². The molecule has 0 aromatic heterocycles. The quantitative estimate of drug-likeness (QED) is 0.737. The van der Waals surface area contributed by atoms with Gasteiger partial charge in [0.15, 0.2) is 0 Å². The second-order valence-electron chi connectivity index (χ2n) is 6.35. The number of carbonyl (C=O) groups excluding carboxylic acids is 1. The summed E-state index contributed by atoms with van der Waals surface area (Å²) in [7, 11) is 1.70. The predicted octanol–water partition coefficient (Wildman–Crippen LogP) is 3.82. The lowest BCUT2D eigenvalue weighted by molar-refractivity contribution is 0.134. The van der Waals surface area contributed by atoms with Crippen molar-refractivity contribution in [2.24, 2.45) is 5.92 Å². The van der Waals surface area contributed by atoms with Crippen molar-refractivity contribution in [3.8, 4) is 0 Å². The van der Waals surface area contributed by atoms with E-state index in [1.54, 1.807) is 0 Å². The predicted molar refractivity (Wildman–Crippen MR) is 94.4 cm³/mol. The fourth-order valence-corrected chi connectivity index (χ4v) is 4.32. The lowest BCUT2D eigenvalue weighted by Crippen LogP contribution is -2.40. The fraction of sp³-hybridized carbons (Fsp3) is 0.588. The Morgan fingerprint density at radius 1 is 1.21 bits per heavy atom. The summed E-state index contributed by atoms with van der Waals surface area (Å²) in [5, 5.41) is 2.67. The Morgan fingerprint density at radius 2 is 1.88 bits per heavy atom. The normalized spacial score (nSPS) is 17.2. The topological polar surface area (TPSA) is 72.5 Å². The highest BCUT2D eigenvalue weighted by atomic mass is 35.7. The van der Waals surface area contributed by atoms with Gasteiger partial charge in [-0.05, 0) is 17.9 Å². The third kappa shape index (κ3) is 7.53. The highest BCUT2D eigenvalue weighted by Crippen LogP contribution is 2.27. The zero-order valence-corrected chi connectivity index (χ0v) is 15.2. The number of rotatable bonds is 7. The van der Waals surface area contributed by atoms with E-state index in [0.29, 0.717) is 12.3 Å². The average Bonchev–Trinajstić information content (AvgIpc) is 2.53. The van der Waals surface area contributed by atoms with Crippen molar-refractivity contribution in [1.82, 2.24) is 5.32 Å². The molecule has 2 rings (SSSR count). The van der Waals surface area contributed by atoms with E-state index in [0.717, 1.165) is 31.2 Å². The maximum Gasteiger partial charge on any atom is 0.407 e. The van der Waals surface area contributed by atoms with Gasteiger partial charge in [0.1, 0.15) is 6.61 Å². The number of nitrogens with one attached hydrogen (secondary N) is 1. The molecule has 1 aromatic rings. The Kier molecular flexibility index (Phi) is 7.37. The van der Waals surface area contributed by atoms with Crippen LogP contribution in [0.4, 0.5) is 4.79 Å². The lowest BCUT2D eigenvalue weighted by Gasteiger charge is -2.26. The molecule has 5 nitrogen and oxygen atoms in total. The number of halogens is 1. The first-order valence-corrected chi connectivity index (χ1v) is 10.8. The summed E-state index contributed by atoms with van der Waals surface area (Å²) in [5.41, 5.74) is 0.876. The largest absolute Gasteiger partial charge is 0.445 e. The molecule has 0 spiro atoms. The summed E-state index contributed by atoms with van der Waals surface area (Å²) in [4.78, 5) is 12.0. The molecule has 1 amide bonds. The molecule has 1 saturated carbocycles. The lowest BCUT2D eigenvalue weighted by atomic mass is 9.85. The van der Waals surface area contributed by atoms with Crippen LogP contribution in [-0.2, 0) is 20.4 Å². The summed E-state index contributed by atoms with van der Waals surface area (Å²) >= 11 is 0. The van der Waals surface area contributed by atoms with E-state index in [4.69, 9.17) is 15.4 Å². The molecule has 1 fully saturated rings. The number of hydrogen-bond donors (Lipinski definition) is 1. The van der Waals surface area contributed by atoms with E-state index < -0.39 is 21.2 Å². The summed E-state index contributed by atoms with van der Waals surface area (Å²) in [6, 6.07) is 8.81. The highest BCUT2D eigenvalue weighted by Gasteiger charge is 2.24. The zero-order chi connectivity index (χ0) is 17.4. The van der Waals surface area contributed by atoms with Crippen molar-refractivity contribution in [3.63, 3.8) is 0 Å². The summed E-state index contributed by atoms with van der Waals surface area (Å²) in [6.45, 7) is 0.149. The summed E-state index contributed by atoms with van der Waals surface area (Å²) in [6.07, 6.45) is 5.68. The van der Waals surface area contributed by atoms with Crippen molar-refractivity contribution < 1.29 is 17.9 Å². The SMILES string of the molecule is O=C(NC(CC1CCCCC1)CS(=O)(=O)Cl)OCc1ccccc1. The van der Waals surface area contributed by atoms with Crippen molar-refractivity contribution in [2.45, 2.75) is 51.2 Å². The van der Waals surface area contributed by atoms with Crippen LogP contribution in [0.1, 0.15) is 44.1 Å². The van der Waals surface area contributed by atoms with Gasteiger partial charge in [0.2, 0.25) is 9.05 Å². The van der Waals surface area contributed by atoms with Gasteiger partial charge in [0, 0.05) is 16.7 Å². The second kappa shape index (κ2) is 9.28. The second-order valence-corrected chi connectivity index (χ2v) is 9.17. The first-order chi connectivity index (χ1) is 11.4. The van der Waals surface area contributed by atoms with E-state index in [2.05, 4.69) is 5.32 Å². The van der Waals surface area contributed by atoms with Crippen LogP contribution in [0.2, 0.25) is 0 Å². The van der Waals surface area contributed by atoms with Gasteiger partial charge in [-0.1, -0.05) is 62.4 Å². The molecular formula is C17H24ClNO4S. The molecule has 24 heavy (non-hydrogen) atoms. The number of amides is 1. The van der Waals surface area contributed by atoms with Crippen LogP contribution in [0.5, 0.6) is 0 Å². The third-order valence-electron chi connectivity index (χ3n) is 4.28. The number of ether oxygens (including phenoxy) is 1. The minimum Gasteiger partial charge on any atom is -0.445 e. The first-order valence-electron chi connectivity index (χ1n) is 8.32. The van der Waals surface area contributed by atoms with E-state index >= 15 is 0 Å². The third-order valence-corrected chi connectivity index (χ3v) is 5.46. The zero-order valence-electron chi connectivity index (χ0n) is 13.6. The average molecular weight is 374 g/mol. The maximum atomic E-state index is 12.0. The molecule has 1 unspecified atom stereocenters. The van der Waals surface area contributed by atoms with Gasteiger partial charge >= 0.3 is 6.09 Å². The molecule has 0 saturated heterocycles. The summed E-state index contributed by atoms with van der Waals surface area (Å²) < 4.78 is 28.0. The molecule has 1 aliphatic carbocycles. The van der Waals surface area contributed by atoms with Gasteiger partial charge in [-0.15, -0.1) is 0 Å². The van der Waals surface area contributed by atoms with E-state index in [1.165, 1.54) is 6.42 Å². The van der Waals surface area contributed by atoms with Gasteiger partial charge in [-0.3, -0.25) is 0 Å². The molecular weight excluding hydrogens is 350 g/mol. The van der Waals surface area contributed by atoms with Crippen LogP contribution < -0.4 is 5.32 Å². The molecule has 1 aromatic carbocycles. The van der Waals surface area contributed by atoms with Crippen molar-refractivity contribution in [2.75, 3.05) is 5.75 Å². The van der Waals surface area contributed by atoms with Gasteiger partial charge < -0.3 is 10.1 Å². The van der Waals surface area contributed by atoms with Crippen LogP contribution in [0.15, 0.2) is 30.3 Å². The molecule has 1 N–H and O–H groups in total. The molecule has 1 atom stereocenters. The standard InChI is InChI=1S/C17H24ClNO4S/c18-24(21,22)13-16(11-14-7-3-1-4-8-14)19-17(20)23-12-15-9-5-2-6-10-15/h2,5-6,9-10,14,16H,1,3-4,7-8,11-13H2,(H,19,20). The Hall–Kier alpha value is -1.27. The molecule has 0 radical (unpaired) electrons. The van der Waals surface area contributed by atoms with Gasteiger partial charge in [-0.25, -0.2) is 13.2 Å². The Morgan fingerprint density at radius 3 is 2.50 bits per heavy atom. The van der Waals surface area contributed by atoms with Crippen LogP contribution in [0.25, 0.3) is 0 Å². The molecule has 7 heteroatoms. The molecule has 0 bridgehead atoms. The van der Waals surface area contributed by atoms with E-state index in [-0.39, 0.29) is 12.4 Å². The van der Waals surface area contributed by atoms with Crippen LogP contribution in [0.3, 0.4) is 0 Å². The van der Waals surface area contributed by atoms with Crippen molar-refractivity contribution in [3.05, 3.63) is 35.9 Å². The Balaban J connectivity index is 1.87. The monoisotopic (exact) mass is 373 g/mol. The Bertz CT molecular complexity index is 615. The maximum absolute atomic E-state index is 12.0. The summed E-state index contributed by atoms with van der Waals surface area (Å²) in [5.74, 6) is 0.155. The van der Waals surface area contributed by atoms with E-state index in [1.807, 2.05) is 30.3 Å². The molecule has 134 valence electrons. The molecule has 0 aliphatic heterocycles. The van der Waals surface area contributed by atoms with Crippen LogP contribution >= 0.6 is 10.7 Å². The fourth-order valence-electron chi connectivity index (χ4n) is 3.17. The van der Waals surface area contributed by atoms with E-state index in [9.17, 15) is 13.2 Å². The minimum atomic E-state index is -3.68. The number of hydrogen-bond acceptors (Lipinski definition) is 4. The number of carbonyl (C=O) groups is 1. The van der Waals surface area contributed by atoms with Crippen LogP contribution in [-0.4, -0.2) is 26.3 Å². The van der Waals surface area contributed by atoms with Crippen LogP contribution in [0, 0.1) is 5.92 Å². The minimum absolute atomic E-state index is 0.149. The Labute approximate surface area is 148 Å². The molecule has 0 heterocycles. The number of benzene rings is 1. The van der Waals surface area contributed by atoms with Crippen molar-refractivity contribution in [1.29, 1.82) is 0 Å². The number of alkyl carbamates (subject to hydrolysis) is 1.